The van der Waals surface area contributed by atoms with Gasteiger partial charge in [0.2, 0.25) is 0 Å². The summed E-state index contributed by atoms with van der Waals surface area (Å²) in [7, 11) is 3.25. The Morgan fingerprint density at radius 3 is 2.94 bits per heavy atom. The van der Waals surface area contributed by atoms with E-state index in [0.717, 1.165) is 12.8 Å². The van der Waals surface area contributed by atoms with Gasteiger partial charge in [-0.05, 0) is 37.2 Å². The van der Waals surface area contributed by atoms with Gasteiger partial charge in [-0.1, -0.05) is 6.42 Å². The Hall–Kier alpha value is -0.830. The smallest absolute Gasteiger partial charge is 0.158 e. The van der Waals surface area contributed by atoms with Crippen molar-refractivity contribution in [2.45, 2.75) is 38.5 Å². The highest BCUT2D eigenvalue weighted by atomic mass is 16.5. The van der Waals surface area contributed by atoms with Crippen molar-refractivity contribution < 1.29 is 14.3 Å². The third kappa shape index (κ3) is 4.35. The van der Waals surface area contributed by atoms with Crippen LogP contribution in [-0.4, -0.2) is 26.6 Å². The van der Waals surface area contributed by atoms with Gasteiger partial charge in [-0.3, -0.25) is 4.79 Å². The van der Waals surface area contributed by atoms with E-state index in [1.165, 1.54) is 24.8 Å². The summed E-state index contributed by atoms with van der Waals surface area (Å²) >= 11 is 0. The van der Waals surface area contributed by atoms with Crippen LogP contribution in [-0.2, 0) is 14.3 Å². The molecular formula is C13H22O3. The van der Waals surface area contributed by atoms with Crippen LogP contribution in [0.25, 0.3) is 0 Å². The molecule has 0 saturated heterocycles. The normalized spacial score (nSPS) is 23.4. The highest BCUT2D eigenvalue weighted by Gasteiger charge is 2.19. The van der Waals surface area contributed by atoms with E-state index in [9.17, 15) is 4.79 Å². The Morgan fingerprint density at radius 1 is 1.44 bits per heavy atom. The number of Topliss-reactive ketones (excluding diaryl/α,β-unsaturated/α-hetero) is 1. The van der Waals surface area contributed by atoms with E-state index in [1.807, 2.05) is 6.26 Å². The number of hydrogen-bond acceptors (Lipinski definition) is 3. The molecule has 0 bridgehead atoms. The molecule has 0 heterocycles. The second-order valence-electron chi connectivity index (χ2n) is 4.38. The average Bonchev–Trinajstić information content (AvgIpc) is 2.29. The number of carbonyl (C=O) groups is 1. The molecule has 1 saturated carbocycles. The van der Waals surface area contributed by atoms with E-state index in [0.29, 0.717) is 12.3 Å². The van der Waals surface area contributed by atoms with Gasteiger partial charge in [-0.15, -0.1) is 0 Å². The summed E-state index contributed by atoms with van der Waals surface area (Å²) in [4.78, 5) is 11.4. The van der Waals surface area contributed by atoms with Crippen LogP contribution in [0.15, 0.2) is 11.8 Å². The molecule has 92 valence electrons. The van der Waals surface area contributed by atoms with Crippen LogP contribution in [0, 0.1) is 5.92 Å². The molecule has 1 atom stereocenters. The van der Waals surface area contributed by atoms with E-state index >= 15 is 0 Å². The minimum atomic E-state index is 0.199. The van der Waals surface area contributed by atoms with Crippen LogP contribution in [0.1, 0.15) is 38.5 Å². The lowest BCUT2D eigenvalue weighted by atomic mass is 9.82. The van der Waals surface area contributed by atoms with E-state index < -0.39 is 0 Å². The Balaban J connectivity index is 2.38. The molecule has 0 aromatic rings. The molecule has 16 heavy (non-hydrogen) atoms. The summed E-state index contributed by atoms with van der Waals surface area (Å²) in [5.41, 5.74) is 1.37. The third-order valence-electron chi connectivity index (χ3n) is 3.14. The number of ether oxygens (including phenoxy) is 2. The second kappa shape index (κ2) is 7.44. The topological polar surface area (TPSA) is 35.5 Å². The van der Waals surface area contributed by atoms with Crippen molar-refractivity contribution >= 4 is 5.78 Å². The number of ketones is 1. The molecule has 1 aliphatic carbocycles. The van der Waals surface area contributed by atoms with Gasteiger partial charge in [0.1, 0.15) is 6.61 Å². The predicted octanol–water partition coefficient (Wildman–Crippen LogP) is 2.70. The standard InChI is InChI=1S/C13H22O3/c1-15-9-12-6-4-3-5-11(12)7-8-13(14)10-16-2/h9,11H,3-8,10H2,1-2H3/b12-9+/t11-/m1/s1. The average molecular weight is 226 g/mol. The predicted molar refractivity (Wildman–Crippen MR) is 63.2 cm³/mol. The molecule has 0 spiro atoms. The molecule has 0 unspecified atom stereocenters. The summed E-state index contributed by atoms with van der Waals surface area (Å²) in [6, 6.07) is 0. The Bertz CT molecular complexity index is 246. The molecular weight excluding hydrogens is 204 g/mol. The first kappa shape index (κ1) is 13.2. The first-order valence-electron chi connectivity index (χ1n) is 6.00. The molecule has 3 heteroatoms. The Morgan fingerprint density at radius 2 is 2.25 bits per heavy atom. The zero-order chi connectivity index (χ0) is 11.8. The van der Waals surface area contributed by atoms with Crippen LogP contribution in [0.2, 0.25) is 0 Å². The van der Waals surface area contributed by atoms with Gasteiger partial charge >= 0.3 is 0 Å². The second-order valence-corrected chi connectivity index (χ2v) is 4.38. The molecule has 3 nitrogen and oxygen atoms in total. The molecule has 0 aliphatic heterocycles. The molecule has 1 aliphatic rings. The zero-order valence-electron chi connectivity index (χ0n) is 10.3. The third-order valence-corrected chi connectivity index (χ3v) is 3.14. The van der Waals surface area contributed by atoms with Gasteiger partial charge in [-0.25, -0.2) is 0 Å². The van der Waals surface area contributed by atoms with Crippen molar-refractivity contribution in [1.29, 1.82) is 0 Å². The van der Waals surface area contributed by atoms with Crippen molar-refractivity contribution in [2.75, 3.05) is 20.8 Å². The Kier molecular flexibility index (Phi) is 6.16. The first-order chi connectivity index (χ1) is 7.77. The van der Waals surface area contributed by atoms with Gasteiger partial charge in [0.15, 0.2) is 5.78 Å². The van der Waals surface area contributed by atoms with E-state index in [2.05, 4.69) is 0 Å². The number of methoxy groups -OCH3 is 2. The van der Waals surface area contributed by atoms with Crippen molar-refractivity contribution in [1.82, 2.24) is 0 Å². The van der Waals surface area contributed by atoms with Gasteiger partial charge in [-0.2, -0.15) is 0 Å². The summed E-state index contributed by atoms with van der Waals surface area (Å²) in [5, 5.41) is 0. The van der Waals surface area contributed by atoms with Gasteiger partial charge in [0.25, 0.3) is 0 Å². The number of hydrogen-bond donors (Lipinski definition) is 0. The van der Waals surface area contributed by atoms with Gasteiger partial charge in [0, 0.05) is 13.5 Å². The first-order valence-corrected chi connectivity index (χ1v) is 6.00. The van der Waals surface area contributed by atoms with Crippen molar-refractivity contribution in [3.63, 3.8) is 0 Å². The van der Waals surface area contributed by atoms with Crippen LogP contribution >= 0.6 is 0 Å². The maximum Gasteiger partial charge on any atom is 0.158 e. The summed E-state index contributed by atoms with van der Waals surface area (Å²) < 4.78 is 9.92. The maximum absolute atomic E-state index is 11.4. The fourth-order valence-corrected chi connectivity index (χ4v) is 2.31. The number of rotatable bonds is 6. The number of allylic oxidation sites excluding steroid dienone is 1. The molecule has 0 N–H and O–H groups in total. The quantitative estimate of drug-likeness (QED) is 0.653. The van der Waals surface area contributed by atoms with E-state index in [4.69, 9.17) is 9.47 Å². The molecule has 1 fully saturated rings. The van der Waals surface area contributed by atoms with Gasteiger partial charge in [0.05, 0.1) is 13.4 Å². The highest BCUT2D eigenvalue weighted by molar-refractivity contribution is 5.79. The zero-order valence-corrected chi connectivity index (χ0v) is 10.3. The van der Waals surface area contributed by atoms with Crippen LogP contribution < -0.4 is 0 Å². The van der Waals surface area contributed by atoms with Crippen LogP contribution in [0.5, 0.6) is 0 Å². The minimum absolute atomic E-state index is 0.199. The molecule has 0 aromatic carbocycles. The SMILES string of the molecule is CO/C=C1\CCCC[C@@H]1CCC(=O)COC. The lowest BCUT2D eigenvalue weighted by molar-refractivity contribution is -0.122. The summed E-state index contributed by atoms with van der Waals surface area (Å²) in [5.74, 6) is 0.736. The lowest BCUT2D eigenvalue weighted by Crippen LogP contribution is -2.14. The number of carbonyl (C=O) groups excluding carboxylic acids is 1. The molecule has 0 amide bonds. The van der Waals surface area contributed by atoms with E-state index in [1.54, 1.807) is 14.2 Å². The summed E-state index contributed by atoms with van der Waals surface area (Å²) in [6.07, 6.45) is 8.26. The monoisotopic (exact) mass is 226 g/mol. The highest BCUT2D eigenvalue weighted by Crippen LogP contribution is 2.32. The molecule has 0 radical (unpaired) electrons. The van der Waals surface area contributed by atoms with Crippen LogP contribution in [0.3, 0.4) is 0 Å². The van der Waals surface area contributed by atoms with Gasteiger partial charge < -0.3 is 9.47 Å². The van der Waals surface area contributed by atoms with Crippen molar-refractivity contribution in [3.05, 3.63) is 11.8 Å². The van der Waals surface area contributed by atoms with Crippen molar-refractivity contribution in [3.8, 4) is 0 Å². The largest absolute Gasteiger partial charge is 0.504 e. The fraction of sp³-hybridized carbons (Fsp3) is 0.769. The maximum atomic E-state index is 11.4. The molecule has 0 aromatic heterocycles. The van der Waals surface area contributed by atoms with Crippen LogP contribution in [0.4, 0.5) is 0 Å². The minimum Gasteiger partial charge on any atom is -0.504 e. The molecule has 1 rings (SSSR count). The van der Waals surface area contributed by atoms with E-state index in [-0.39, 0.29) is 12.4 Å². The lowest BCUT2D eigenvalue weighted by Gasteiger charge is -2.24. The fourth-order valence-electron chi connectivity index (χ4n) is 2.31. The van der Waals surface area contributed by atoms with Crippen molar-refractivity contribution in [2.24, 2.45) is 5.92 Å². The Labute approximate surface area is 97.8 Å². The summed E-state index contributed by atoms with van der Waals surface area (Å²) in [6.45, 7) is 0.246.